The van der Waals surface area contributed by atoms with Crippen molar-refractivity contribution in [3.05, 3.63) is 140 Å². The van der Waals surface area contributed by atoms with Crippen LogP contribution in [0.3, 0.4) is 0 Å². The Labute approximate surface area is 214 Å². The molecule has 0 spiro atoms. The van der Waals surface area contributed by atoms with E-state index in [0.29, 0.717) is 0 Å². The minimum absolute atomic E-state index is 1.17. The molecule has 2 aromatic heterocycles. The highest BCUT2D eigenvalue weighted by molar-refractivity contribution is 7.21. The molecule has 0 bridgehead atoms. The molecule has 0 aliphatic rings. The van der Waals surface area contributed by atoms with Gasteiger partial charge in [-0.05, 0) is 29.3 Å². The second-order valence-corrected chi connectivity index (χ2v) is 9.97. The van der Waals surface area contributed by atoms with Gasteiger partial charge in [0.25, 0.3) is 0 Å². The fourth-order valence-electron chi connectivity index (χ4n) is 5.27. The molecule has 0 saturated heterocycles. The normalized spacial score (nSPS) is 11.3. The number of aromatic nitrogens is 1. The fourth-order valence-corrected chi connectivity index (χ4v) is 6.59. The van der Waals surface area contributed by atoms with Crippen LogP contribution in [0.2, 0.25) is 0 Å². The Morgan fingerprint density at radius 2 is 0.917 bits per heavy atom. The van der Waals surface area contributed by atoms with E-state index in [1.165, 1.54) is 59.5 Å². The van der Waals surface area contributed by atoms with Gasteiger partial charge in [0.2, 0.25) is 0 Å². The van der Waals surface area contributed by atoms with E-state index in [4.69, 9.17) is 0 Å². The van der Waals surface area contributed by atoms with Gasteiger partial charge in [-0.1, -0.05) is 121 Å². The van der Waals surface area contributed by atoms with Crippen molar-refractivity contribution in [3.8, 4) is 37.8 Å². The molecular formula is C34H23NS. The summed E-state index contributed by atoms with van der Waals surface area (Å²) >= 11 is 1.89. The maximum atomic E-state index is 2.45. The van der Waals surface area contributed by atoms with Crippen LogP contribution in [0.25, 0.3) is 59.5 Å². The standard InChI is InChI=1S/C34H23NS/c1-4-14-24(15-5-1)31-29-22-12-13-23-30(29)35(26-18-8-3-9-19-26)32(31)34-28-21-11-10-20-27(28)33(36-34)25-16-6-2-7-17-25/h1-23H. The summed E-state index contributed by atoms with van der Waals surface area (Å²) in [7, 11) is 0. The summed E-state index contributed by atoms with van der Waals surface area (Å²) < 4.78 is 2.45. The van der Waals surface area contributed by atoms with Gasteiger partial charge in [-0.3, -0.25) is 0 Å². The van der Waals surface area contributed by atoms with Crippen LogP contribution in [-0.2, 0) is 0 Å². The predicted molar refractivity (Wildman–Crippen MR) is 155 cm³/mol. The van der Waals surface area contributed by atoms with E-state index in [0.717, 1.165) is 0 Å². The van der Waals surface area contributed by atoms with Gasteiger partial charge >= 0.3 is 0 Å². The minimum atomic E-state index is 1.17. The van der Waals surface area contributed by atoms with Crippen molar-refractivity contribution in [2.45, 2.75) is 0 Å². The molecule has 7 rings (SSSR count). The molecule has 0 unspecified atom stereocenters. The second-order valence-electron chi connectivity index (χ2n) is 8.95. The van der Waals surface area contributed by atoms with Gasteiger partial charge in [-0.2, -0.15) is 0 Å². The summed E-state index contributed by atoms with van der Waals surface area (Å²) in [6.07, 6.45) is 0. The average molecular weight is 478 g/mol. The molecule has 0 saturated carbocycles. The largest absolute Gasteiger partial charge is 0.308 e. The number of hydrogen-bond donors (Lipinski definition) is 0. The lowest BCUT2D eigenvalue weighted by Crippen LogP contribution is -1.96. The van der Waals surface area contributed by atoms with E-state index in [1.54, 1.807) is 0 Å². The van der Waals surface area contributed by atoms with E-state index in [1.807, 2.05) is 11.3 Å². The highest BCUT2D eigenvalue weighted by atomic mass is 32.1. The number of para-hydroxylation sites is 2. The maximum Gasteiger partial charge on any atom is 0.0725 e. The van der Waals surface area contributed by atoms with Crippen LogP contribution in [0.4, 0.5) is 0 Å². The van der Waals surface area contributed by atoms with Crippen molar-refractivity contribution < 1.29 is 0 Å². The molecule has 0 aliphatic heterocycles. The lowest BCUT2D eigenvalue weighted by atomic mass is 9.99. The predicted octanol–water partition coefficient (Wildman–Crippen LogP) is 9.85. The Kier molecular flexibility index (Phi) is 5.04. The molecule has 1 nitrogen and oxygen atoms in total. The molecule has 2 heteroatoms. The smallest absolute Gasteiger partial charge is 0.0725 e. The summed E-state index contributed by atoms with van der Waals surface area (Å²) in [4.78, 5) is 2.61. The monoisotopic (exact) mass is 477 g/mol. The first-order valence-corrected chi connectivity index (χ1v) is 13.0. The van der Waals surface area contributed by atoms with Crippen molar-refractivity contribution in [3.63, 3.8) is 0 Å². The lowest BCUT2D eigenvalue weighted by Gasteiger charge is -2.12. The summed E-state index contributed by atoms with van der Waals surface area (Å²) in [5, 5.41) is 3.85. The number of hydrogen-bond acceptors (Lipinski definition) is 1. The molecule has 0 N–H and O–H groups in total. The zero-order valence-corrected chi connectivity index (χ0v) is 20.5. The third kappa shape index (κ3) is 3.30. The van der Waals surface area contributed by atoms with E-state index < -0.39 is 0 Å². The third-order valence-corrected chi connectivity index (χ3v) is 8.10. The van der Waals surface area contributed by atoms with E-state index in [9.17, 15) is 0 Å². The molecule has 0 fully saturated rings. The van der Waals surface area contributed by atoms with Crippen LogP contribution in [0, 0.1) is 0 Å². The molecule has 2 heterocycles. The summed E-state index contributed by atoms with van der Waals surface area (Å²) in [6, 6.07) is 50.0. The van der Waals surface area contributed by atoms with Crippen molar-refractivity contribution in [2.75, 3.05) is 0 Å². The molecule has 0 radical (unpaired) electrons. The number of fused-ring (bicyclic) bond motifs is 2. The van der Waals surface area contributed by atoms with Crippen molar-refractivity contribution in [2.24, 2.45) is 0 Å². The Balaban J connectivity index is 1.66. The summed E-state index contributed by atoms with van der Waals surface area (Å²) in [6.45, 7) is 0. The number of nitrogens with zero attached hydrogens (tertiary/aromatic N) is 1. The van der Waals surface area contributed by atoms with Crippen LogP contribution in [0.5, 0.6) is 0 Å². The highest BCUT2D eigenvalue weighted by Crippen LogP contribution is 2.50. The lowest BCUT2D eigenvalue weighted by molar-refractivity contribution is 1.14. The summed E-state index contributed by atoms with van der Waals surface area (Å²) in [5.41, 5.74) is 7.41. The topological polar surface area (TPSA) is 4.93 Å². The highest BCUT2D eigenvalue weighted by Gasteiger charge is 2.25. The van der Waals surface area contributed by atoms with Crippen molar-refractivity contribution in [1.82, 2.24) is 4.57 Å². The van der Waals surface area contributed by atoms with Gasteiger partial charge in [0.05, 0.1) is 16.1 Å². The number of benzene rings is 5. The maximum absolute atomic E-state index is 2.45. The zero-order chi connectivity index (χ0) is 23.9. The van der Waals surface area contributed by atoms with Crippen LogP contribution < -0.4 is 0 Å². The number of thiophene rings is 1. The van der Waals surface area contributed by atoms with Crippen LogP contribution in [0.1, 0.15) is 0 Å². The van der Waals surface area contributed by atoms with E-state index >= 15 is 0 Å². The zero-order valence-electron chi connectivity index (χ0n) is 19.6. The van der Waals surface area contributed by atoms with Gasteiger partial charge in [-0.15, -0.1) is 11.3 Å². The number of rotatable bonds is 4. The Morgan fingerprint density at radius 3 is 1.58 bits per heavy atom. The van der Waals surface area contributed by atoms with E-state index in [2.05, 4.69) is 144 Å². The first kappa shape index (κ1) is 20.9. The van der Waals surface area contributed by atoms with Crippen LogP contribution in [0.15, 0.2) is 140 Å². The van der Waals surface area contributed by atoms with Gasteiger partial charge < -0.3 is 4.57 Å². The second kappa shape index (κ2) is 8.67. The molecule has 36 heavy (non-hydrogen) atoms. The first-order valence-electron chi connectivity index (χ1n) is 12.2. The Morgan fingerprint density at radius 1 is 0.417 bits per heavy atom. The first-order chi connectivity index (χ1) is 17.9. The van der Waals surface area contributed by atoms with Gasteiger partial charge in [-0.25, -0.2) is 0 Å². The molecule has 0 atom stereocenters. The average Bonchev–Trinajstić information content (AvgIpc) is 3.51. The third-order valence-electron chi connectivity index (χ3n) is 6.82. The van der Waals surface area contributed by atoms with Crippen molar-refractivity contribution >= 4 is 33.0 Å². The minimum Gasteiger partial charge on any atom is -0.308 e. The molecule has 170 valence electrons. The van der Waals surface area contributed by atoms with Gasteiger partial charge in [0.15, 0.2) is 0 Å². The van der Waals surface area contributed by atoms with Crippen LogP contribution in [-0.4, -0.2) is 4.57 Å². The fraction of sp³-hybridized carbons (Fsp3) is 0. The SMILES string of the molecule is c1ccc(-c2sc(-c3c(-c4ccccc4)c4ccccc4n3-c3ccccc3)c3ccccc23)cc1. The summed E-state index contributed by atoms with van der Waals surface area (Å²) in [5.74, 6) is 0. The quantitative estimate of drug-likeness (QED) is 0.238. The van der Waals surface area contributed by atoms with Gasteiger partial charge in [0, 0.05) is 32.3 Å². The molecule has 0 aliphatic carbocycles. The molecule has 5 aromatic carbocycles. The Hall–Kier alpha value is -4.40. The van der Waals surface area contributed by atoms with E-state index in [-0.39, 0.29) is 0 Å². The molecule has 0 amide bonds. The molecular weight excluding hydrogens is 454 g/mol. The van der Waals surface area contributed by atoms with Crippen molar-refractivity contribution in [1.29, 1.82) is 0 Å². The Bertz CT molecular complexity index is 1730. The van der Waals surface area contributed by atoms with Crippen LogP contribution >= 0.6 is 11.3 Å². The van der Waals surface area contributed by atoms with Gasteiger partial charge in [0.1, 0.15) is 0 Å². The molecule has 7 aromatic rings.